The Hall–Kier alpha value is -2.82. The van der Waals surface area contributed by atoms with E-state index in [2.05, 4.69) is 9.98 Å². The molecule has 106 valence electrons. The van der Waals surface area contributed by atoms with E-state index < -0.39 is 0 Å². The number of rotatable bonds is 3. The van der Waals surface area contributed by atoms with Crippen LogP contribution in [0, 0.1) is 0 Å². The lowest BCUT2D eigenvalue weighted by Gasteiger charge is -2.15. The molecule has 1 aliphatic rings. The van der Waals surface area contributed by atoms with Gasteiger partial charge in [0.15, 0.2) is 0 Å². The molecular formula is C16H15N3O2. The Kier molecular flexibility index (Phi) is 3.55. The van der Waals surface area contributed by atoms with Crippen LogP contribution >= 0.6 is 0 Å². The zero-order valence-electron chi connectivity index (χ0n) is 11.6. The number of carbonyl (C=O) groups is 1. The van der Waals surface area contributed by atoms with Crippen molar-refractivity contribution in [2.45, 2.75) is 0 Å². The van der Waals surface area contributed by atoms with Gasteiger partial charge in [0.2, 0.25) is 0 Å². The maximum atomic E-state index is 12.0. The van der Waals surface area contributed by atoms with E-state index in [1.54, 1.807) is 42.8 Å². The molecule has 1 aliphatic heterocycles. The second kappa shape index (κ2) is 5.66. The molecule has 0 spiro atoms. The van der Waals surface area contributed by atoms with Gasteiger partial charge in [-0.2, -0.15) is 0 Å². The van der Waals surface area contributed by atoms with E-state index in [-0.39, 0.29) is 5.91 Å². The summed E-state index contributed by atoms with van der Waals surface area (Å²) < 4.78 is 5.23. The van der Waals surface area contributed by atoms with E-state index in [0.717, 1.165) is 22.2 Å². The second-order valence-corrected chi connectivity index (χ2v) is 4.61. The number of amides is 1. The van der Waals surface area contributed by atoms with Crippen molar-refractivity contribution in [3.8, 4) is 5.75 Å². The molecule has 1 N–H and O–H groups in total. The van der Waals surface area contributed by atoms with Gasteiger partial charge in [0.1, 0.15) is 5.75 Å². The van der Waals surface area contributed by atoms with Crippen molar-refractivity contribution in [1.29, 1.82) is 0 Å². The van der Waals surface area contributed by atoms with E-state index in [9.17, 15) is 4.79 Å². The van der Waals surface area contributed by atoms with Crippen LogP contribution in [0.25, 0.3) is 17.0 Å². The Labute approximate surface area is 122 Å². The lowest BCUT2D eigenvalue weighted by atomic mass is 10.1. The molecule has 1 aromatic heterocycles. The Morgan fingerprint density at radius 3 is 3.14 bits per heavy atom. The summed E-state index contributed by atoms with van der Waals surface area (Å²) in [5.74, 6) is 0.716. The van der Waals surface area contributed by atoms with Crippen LogP contribution in [-0.2, 0) is 4.79 Å². The Morgan fingerprint density at radius 2 is 2.38 bits per heavy atom. The fraction of sp³-hybridized carbons (Fsp3) is 0.125. The summed E-state index contributed by atoms with van der Waals surface area (Å²) in [6.45, 7) is 0.501. The average Bonchev–Trinajstić information content (AvgIpc) is 2.95. The van der Waals surface area contributed by atoms with E-state index in [1.165, 1.54) is 0 Å². The van der Waals surface area contributed by atoms with Crippen molar-refractivity contribution in [3.05, 3.63) is 48.4 Å². The molecule has 1 aromatic carbocycles. The van der Waals surface area contributed by atoms with Crippen LogP contribution in [0.3, 0.4) is 0 Å². The van der Waals surface area contributed by atoms with Crippen molar-refractivity contribution in [2.75, 3.05) is 13.7 Å². The first-order chi connectivity index (χ1) is 10.3. The topological polar surface area (TPSA) is 57.7 Å². The van der Waals surface area contributed by atoms with Crippen LogP contribution in [0.2, 0.25) is 0 Å². The predicted octanol–water partition coefficient (Wildman–Crippen LogP) is 2.57. The average molecular weight is 281 g/mol. The molecule has 0 bridgehead atoms. The number of aromatic nitrogens is 1. The Balaban J connectivity index is 1.84. The zero-order valence-corrected chi connectivity index (χ0v) is 11.6. The van der Waals surface area contributed by atoms with Crippen molar-refractivity contribution in [2.24, 2.45) is 4.99 Å². The summed E-state index contributed by atoms with van der Waals surface area (Å²) in [7, 11) is 1.64. The number of methoxy groups -OCH3 is 1. The van der Waals surface area contributed by atoms with Gasteiger partial charge in [0.25, 0.3) is 5.91 Å². The van der Waals surface area contributed by atoms with E-state index >= 15 is 0 Å². The van der Waals surface area contributed by atoms with Crippen LogP contribution in [0.1, 0.15) is 5.56 Å². The quantitative estimate of drug-likeness (QED) is 0.879. The minimum Gasteiger partial charge on any atom is -0.497 e. The van der Waals surface area contributed by atoms with Crippen LogP contribution in [0.5, 0.6) is 5.75 Å². The molecule has 0 atom stereocenters. The lowest BCUT2D eigenvalue weighted by Crippen LogP contribution is -2.26. The number of hydrogen-bond donors (Lipinski definition) is 1. The smallest absolute Gasteiger partial charge is 0.250 e. The van der Waals surface area contributed by atoms with Gasteiger partial charge in [0, 0.05) is 47.4 Å². The van der Waals surface area contributed by atoms with Gasteiger partial charge in [-0.05, 0) is 24.3 Å². The third-order valence-electron chi connectivity index (χ3n) is 3.33. The maximum Gasteiger partial charge on any atom is 0.250 e. The highest BCUT2D eigenvalue weighted by Crippen LogP contribution is 2.24. The molecule has 1 amide bonds. The number of aromatic amines is 1. The minimum absolute atomic E-state index is 0.0744. The van der Waals surface area contributed by atoms with Gasteiger partial charge in [-0.25, -0.2) is 0 Å². The maximum absolute atomic E-state index is 12.0. The number of nitrogens with one attached hydrogen (secondary N) is 1. The zero-order chi connectivity index (χ0) is 14.7. The second-order valence-electron chi connectivity index (χ2n) is 4.61. The van der Waals surface area contributed by atoms with Crippen LogP contribution in [0.4, 0.5) is 0 Å². The molecule has 2 aromatic rings. The normalized spacial score (nSPS) is 14.2. The monoisotopic (exact) mass is 281 g/mol. The summed E-state index contributed by atoms with van der Waals surface area (Å²) in [6, 6.07) is 5.80. The van der Waals surface area contributed by atoms with Crippen LogP contribution < -0.4 is 4.74 Å². The van der Waals surface area contributed by atoms with Crippen molar-refractivity contribution < 1.29 is 9.53 Å². The van der Waals surface area contributed by atoms with Gasteiger partial charge in [-0.15, -0.1) is 0 Å². The SMILES string of the molecule is COc1ccc2[nH]cc(/C=C/C(=O)N3C=CN=CC3)c2c1. The third-order valence-corrected chi connectivity index (χ3v) is 3.33. The molecule has 0 unspecified atom stereocenters. The summed E-state index contributed by atoms with van der Waals surface area (Å²) in [5, 5.41) is 1.02. The summed E-state index contributed by atoms with van der Waals surface area (Å²) in [6.07, 6.45) is 10.2. The van der Waals surface area contributed by atoms with Crippen molar-refractivity contribution in [3.63, 3.8) is 0 Å². The number of fused-ring (bicyclic) bond motifs is 1. The van der Waals surface area contributed by atoms with Gasteiger partial charge >= 0.3 is 0 Å². The van der Waals surface area contributed by atoms with Gasteiger partial charge in [-0.3, -0.25) is 9.79 Å². The molecule has 21 heavy (non-hydrogen) atoms. The van der Waals surface area contributed by atoms with E-state index in [4.69, 9.17) is 4.74 Å². The molecule has 0 radical (unpaired) electrons. The fourth-order valence-corrected chi connectivity index (χ4v) is 2.18. The highest BCUT2D eigenvalue weighted by atomic mass is 16.5. The number of nitrogens with zero attached hydrogens (tertiary/aromatic N) is 2. The van der Waals surface area contributed by atoms with Crippen molar-refractivity contribution >= 4 is 29.1 Å². The molecule has 0 aliphatic carbocycles. The first-order valence-corrected chi connectivity index (χ1v) is 6.60. The number of carbonyl (C=O) groups excluding carboxylic acids is 1. The van der Waals surface area contributed by atoms with E-state index in [0.29, 0.717) is 6.54 Å². The number of ether oxygens (including phenoxy) is 1. The highest BCUT2D eigenvalue weighted by Gasteiger charge is 2.08. The molecular weight excluding hydrogens is 266 g/mol. The lowest BCUT2D eigenvalue weighted by molar-refractivity contribution is -0.122. The van der Waals surface area contributed by atoms with Crippen LogP contribution in [0.15, 0.2) is 47.9 Å². The van der Waals surface area contributed by atoms with E-state index in [1.807, 2.05) is 24.4 Å². The summed E-state index contributed by atoms with van der Waals surface area (Å²) in [5.41, 5.74) is 1.96. The molecule has 2 heterocycles. The summed E-state index contributed by atoms with van der Waals surface area (Å²) in [4.78, 5) is 20.8. The molecule has 5 heteroatoms. The Bertz CT molecular complexity index is 756. The number of aliphatic imine (C=N–C) groups is 1. The minimum atomic E-state index is -0.0744. The molecule has 3 rings (SSSR count). The summed E-state index contributed by atoms with van der Waals surface area (Å²) >= 11 is 0. The van der Waals surface area contributed by atoms with Gasteiger partial charge in [-0.1, -0.05) is 0 Å². The highest BCUT2D eigenvalue weighted by molar-refractivity contribution is 5.97. The third kappa shape index (κ3) is 2.72. The van der Waals surface area contributed by atoms with Gasteiger partial charge < -0.3 is 14.6 Å². The fourth-order valence-electron chi connectivity index (χ4n) is 2.18. The van der Waals surface area contributed by atoms with Crippen LogP contribution in [-0.4, -0.2) is 35.7 Å². The molecule has 0 fully saturated rings. The van der Waals surface area contributed by atoms with Crippen molar-refractivity contribution in [1.82, 2.24) is 9.88 Å². The molecule has 0 saturated heterocycles. The number of benzene rings is 1. The Morgan fingerprint density at radius 1 is 1.48 bits per heavy atom. The largest absolute Gasteiger partial charge is 0.497 e. The first-order valence-electron chi connectivity index (χ1n) is 6.60. The predicted molar refractivity (Wildman–Crippen MR) is 83.2 cm³/mol. The standard InChI is InChI=1S/C16H15N3O2/c1-21-13-3-4-15-14(10-13)12(11-18-15)2-5-16(20)19-8-6-17-7-9-19/h2-8,10-11,18H,9H2,1H3/b5-2+. The molecule has 5 nitrogen and oxygen atoms in total. The number of H-pyrrole nitrogens is 1. The first kappa shape index (κ1) is 13.2. The number of hydrogen-bond acceptors (Lipinski definition) is 3. The van der Waals surface area contributed by atoms with Gasteiger partial charge in [0.05, 0.1) is 13.7 Å². The molecule has 0 saturated carbocycles.